The van der Waals surface area contributed by atoms with Crippen LogP contribution in [-0.4, -0.2) is 44.5 Å². The summed E-state index contributed by atoms with van der Waals surface area (Å²) in [4.78, 5) is 29.6. The molecule has 1 N–H and O–H groups in total. The number of hydrogen-bond donors (Lipinski definition) is 1. The molecule has 0 saturated carbocycles. The highest BCUT2D eigenvalue weighted by atomic mass is 16.5. The number of nitrogens with zero attached hydrogens (tertiary/aromatic N) is 2. The Morgan fingerprint density at radius 1 is 1.03 bits per heavy atom. The van der Waals surface area contributed by atoms with E-state index >= 15 is 0 Å². The van der Waals surface area contributed by atoms with Crippen molar-refractivity contribution in [2.75, 3.05) is 38.0 Å². The summed E-state index contributed by atoms with van der Waals surface area (Å²) in [5, 5.41) is 2.87. The van der Waals surface area contributed by atoms with Crippen molar-refractivity contribution in [1.29, 1.82) is 0 Å². The highest BCUT2D eigenvalue weighted by Gasteiger charge is 2.27. The molecule has 2 aromatic rings. The molecule has 6 nitrogen and oxygen atoms in total. The van der Waals surface area contributed by atoms with E-state index in [9.17, 15) is 9.59 Å². The minimum Gasteiger partial charge on any atom is -0.377 e. The van der Waals surface area contributed by atoms with Crippen LogP contribution in [0.25, 0.3) is 0 Å². The van der Waals surface area contributed by atoms with Gasteiger partial charge in [-0.1, -0.05) is 44.2 Å². The highest BCUT2D eigenvalue weighted by Crippen LogP contribution is 2.30. The summed E-state index contributed by atoms with van der Waals surface area (Å²) in [6.07, 6.45) is 1.61. The van der Waals surface area contributed by atoms with Gasteiger partial charge in [0.05, 0.1) is 6.04 Å². The first-order valence-electron chi connectivity index (χ1n) is 11.3. The number of benzene rings is 2. The van der Waals surface area contributed by atoms with Crippen LogP contribution in [0.5, 0.6) is 0 Å². The summed E-state index contributed by atoms with van der Waals surface area (Å²) in [6, 6.07) is 15.8. The quantitative estimate of drug-likeness (QED) is 0.543. The van der Waals surface area contributed by atoms with Crippen LogP contribution in [0.15, 0.2) is 48.5 Å². The Labute approximate surface area is 192 Å². The van der Waals surface area contributed by atoms with Crippen molar-refractivity contribution in [2.24, 2.45) is 5.92 Å². The number of carbonyl (C=O) groups is 2. The molecule has 0 aliphatic rings. The minimum absolute atomic E-state index is 0.00486. The second kappa shape index (κ2) is 12.2. The molecule has 2 amide bonds. The Balaban J connectivity index is 2.45. The lowest BCUT2D eigenvalue weighted by molar-refractivity contribution is -0.138. The molecule has 0 fully saturated rings. The predicted molar refractivity (Wildman–Crippen MR) is 131 cm³/mol. The number of amides is 2. The van der Waals surface area contributed by atoms with Gasteiger partial charge < -0.3 is 19.9 Å². The van der Waals surface area contributed by atoms with E-state index in [1.165, 1.54) is 7.11 Å². The highest BCUT2D eigenvalue weighted by molar-refractivity contribution is 5.92. The Kier molecular flexibility index (Phi) is 9.72. The van der Waals surface area contributed by atoms with Crippen molar-refractivity contribution < 1.29 is 14.3 Å². The minimum atomic E-state index is -0.210. The van der Waals surface area contributed by atoms with E-state index in [1.807, 2.05) is 60.3 Å². The van der Waals surface area contributed by atoms with Gasteiger partial charge in [-0.2, -0.15) is 0 Å². The zero-order valence-electron chi connectivity index (χ0n) is 20.2. The van der Waals surface area contributed by atoms with Crippen molar-refractivity contribution in [3.8, 4) is 0 Å². The van der Waals surface area contributed by atoms with Crippen LogP contribution in [0, 0.1) is 5.92 Å². The Bertz CT molecular complexity index is 879. The molecule has 0 bridgehead atoms. The first kappa shape index (κ1) is 25.4. The molecule has 174 valence electrons. The maximum atomic E-state index is 13.6. The van der Waals surface area contributed by atoms with Crippen LogP contribution in [-0.2, 0) is 20.9 Å². The van der Waals surface area contributed by atoms with Gasteiger partial charge in [-0.25, -0.2) is 0 Å². The SMILES string of the molecule is CCC(CC)C(=O)N(Cc1cc(NC(=O)COC)ccc1N(C)C)[C@@H](C)c1ccccc1. The maximum Gasteiger partial charge on any atom is 0.250 e. The number of carbonyl (C=O) groups excluding carboxylic acids is 2. The molecular weight excluding hydrogens is 402 g/mol. The fraction of sp³-hybridized carbons (Fsp3) is 0.462. The summed E-state index contributed by atoms with van der Waals surface area (Å²) in [5.74, 6) is -0.0721. The smallest absolute Gasteiger partial charge is 0.250 e. The third-order valence-corrected chi connectivity index (χ3v) is 5.83. The third-order valence-electron chi connectivity index (χ3n) is 5.83. The Morgan fingerprint density at radius 3 is 2.25 bits per heavy atom. The third kappa shape index (κ3) is 6.57. The summed E-state index contributed by atoms with van der Waals surface area (Å²) in [7, 11) is 5.46. The summed E-state index contributed by atoms with van der Waals surface area (Å²) in [6.45, 7) is 6.65. The van der Waals surface area contributed by atoms with Crippen molar-refractivity contribution in [3.63, 3.8) is 0 Å². The number of nitrogens with one attached hydrogen (secondary N) is 1. The molecule has 0 aliphatic heterocycles. The van der Waals surface area contributed by atoms with E-state index < -0.39 is 0 Å². The first-order valence-corrected chi connectivity index (χ1v) is 11.3. The molecule has 1 atom stereocenters. The van der Waals surface area contributed by atoms with Gasteiger partial charge in [0, 0.05) is 45.0 Å². The molecular formula is C26H37N3O3. The lowest BCUT2D eigenvalue weighted by Crippen LogP contribution is -2.37. The molecule has 0 unspecified atom stereocenters. The second-order valence-corrected chi connectivity index (χ2v) is 8.29. The topological polar surface area (TPSA) is 61.9 Å². The van der Waals surface area contributed by atoms with Gasteiger partial charge in [-0.05, 0) is 49.1 Å². The van der Waals surface area contributed by atoms with E-state index in [4.69, 9.17) is 4.74 Å². The average Bonchev–Trinajstić information content (AvgIpc) is 2.78. The molecule has 32 heavy (non-hydrogen) atoms. The van der Waals surface area contributed by atoms with Gasteiger partial charge in [0.1, 0.15) is 6.61 Å². The van der Waals surface area contributed by atoms with Gasteiger partial charge >= 0.3 is 0 Å². The zero-order valence-corrected chi connectivity index (χ0v) is 20.2. The average molecular weight is 440 g/mol. The summed E-state index contributed by atoms with van der Waals surface area (Å²) < 4.78 is 4.92. The molecule has 0 saturated heterocycles. The number of rotatable bonds is 11. The van der Waals surface area contributed by atoms with Gasteiger partial charge in [0.15, 0.2) is 0 Å². The van der Waals surface area contributed by atoms with Crippen LogP contribution in [0.3, 0.4) is 0 Å². The van der Waals surface area contributed by atoms with E-state index in [0.717, 1.165) is 29.7 Å². The number of methoxy groups -OCH3 is 1. The van der Waals surface area contributed by atoms with Crippen LogP contribution >= 0.6 is 0 Å². The summed E-state index contributed by atoms with van der Waals surface area (Å²) >= 11 is 0. The van der Waals surface area contributed by atoms with Crippen LogP contribution in [0.2, 0.25) is 0 Å². The molecule has 2 rings (SSSR count). The van der Waals surface area contributed by atoms with E-state index in [-0.39, 0.29) is 30.4 Å². The monoisotopic (exact) mass is 439 g/mol. The Hall–Kier alpha value is -2.86. The predicted octanol–water partition coefficient (Wildman–Crippen LogP) is 4.86. The normalized spacial score (nSPS) is 11.8. The van der Waals surface area contributed by atoms with E-state index in [0.29, 0.717) is 12.2 Å². The molecule has 0 radical (unpaired) electrons. The second-order valence-electron chi connectivity index (χ2n) is 8.29. The zero-order chi connectivity index (χ0) is 23.7. The van der Waals surface area contributed by atoms with Gasteiger partial charge in [-0.15, -0.1) is 0 Å². The van der Waals surface area contributed by atoms with Crippen molar-refractivity contribution >= 4 is 23.2 Å². The van der Waals surface area contributed by atoms with Crippen molar-refractivity contribution in [1.82, 2.24) is 4.90 Å². The van der Waals surface area contributed by atoms with Gasteiger partial charge in [-0.3, -0.25) is 9.59 Å². The molecule has 0 aliphatic carbocycles. The lowest BCUT2D eigenvalue weighted by atomic mass is 9.98. The first-order chi connectivity index (χ1) is 15.3. The van der Waals surface area contributed by atoms with Gasteiger partial charge in [0.2, 0.25) is 11.8 Å². The largest absolute Gasteiger partial charge is 0.377 e. The van der Waals surface area contributed by atoms with E-state index in [1.54, 1.807) is 0 Å². The molecule has 2 aromatic carbocycles. The van der Waals surface area contributed by atoms with Crippen molar-refractivity contribution in [2.45, 2.75) is 46.2 Å². The summed E-state index contributed by atoms with van der Waals surface area (Å²) in [5.41, 5.74) is 3.78. The number of ether oxygens (including phenoxy) is 1. The molecule has 6 heteroatoms. The molecule has 0 heterocycles. The molecule has 0 aromatic heterocycles. The fourth-order valence-corrected chi connectivity index (χ4v) is 3.93. The van der Waals surface area contributed by atoms with E-state index in [2.05, 4.69) is 38.2 Å². The van der Waals surface area contributed by atoms with Crippen LogP contribution in [0.4, 0.5) is 11.4 Å². The van der Waals surface area contributed by atoms with Crippen molar-refractivity contribution in [3.05, 3.63) is 59.7 Å². The standard InChI is InChI=1S/C26H37N3O3/c1-7-20(8-2)26(31)29(19(3)21-12-10-9-11-13-21)17-22-16-23(27-25(30)18-32-6)14-15-24(22)28(4)5/h9-16,19-20H,7-8,17-18H2,1-6H3,(H,27,30)/t19-/m0/s1. The number of anilines is 2. The molecule has 0 spiro atoms. The number of hydrogen-bond acceptors (Lipinski definition) is 4. The maximum absolute atomic E-state index is 13.6. The van der Waals surface area contributed by atoms with Gasteiger partial charge in [0.25, 0.3) is 0 Å². The lowest BCUT2D eigenvalue weighted by Gasteiger charge is -2.34. The fourth-order valence-electron chi connectivity index (χ4n) is 3.93. The van der Waals surface area contributed by atoms with Crippen LogP contribution < -0.4 is 10.2 Å². The van der Waals surface area contributed by atoms with Crippen LogP contribution in [0.1, 0.15) is 50.8 Å². The Morgan fingerprint density at radius 2 is 1.69 bits per heavy atom.